The summed E-state index contributed by atoms with van der Waals surface area (Å²) in [6, 6.07) is 19.9. The van der Waals surface area contributed by atoms with Crippen LogP contribution in [-0.2, 0) is 11.3 Å². The van der Waals surface area contributed by atoms with Crippen molar-refractivity contribution in [3.05, 3.63) is 94.9 Å². The molecule has 1 aromatic heterocycles. The first-order valence-electron chi connectivity index (χ1n) is 11.2. The van der Waals surface area contributed by atoms with E-state index >= 15 is 0 Å². The van der Waals surface area contributed by atoms with Crippen LogP contribution in [0.25, 0.3) is 11.5 Å². The van der Waals surface area contributed by atoms with Gasteiger partial charge in [0.1, 0.15) is 12.7 Å². The molecule has 3 aromatic carbocycles. The Kier molecular flexibility index (Phi) is 5.07. The highest BCUT2D eigenvalue weighted by atomic mass is 19.3. The fourth-order valence-electron chi connectivity index (χ4n) is 5.07. The smallest absolute Gasteiger partial charge is 0.263 e. The minimum Gasteiger partial charge on any atom is -0.493 e. The van der Waals surface area contributed by atoms with Crippen molar-refractivity contribution in [3.63, 3.8) is 0 Å². The number of hydrogen-bond donors (Lipinski definition) is 0. The number of ether oxygens (including phenoxy) is 3. The number of halogens is 2. The number of nitrogens with zero attached hydrogens (tertiary/aromatic N) is 2. The van der Waals surface area contributed by atoms with Crippen molar-refractivity contribution < 1.29 is 27.4 Å². The van der Waals surface area contributed by atoms with Gasteiger partial charge in [0.05, 0.1) is 26.1 Å². The molecule has 8 heteroatoms. The summed E-state index contributed by atoms with van der Waals surface area (Å²) in [6.45, 7) is 0.0271. The Labute approximate surface area is 200 Å². The van der Waals surface area contributed by atoms with E-state index in [1.165, 1.54) is 0 Å². The van der Waals surface area contributed by atoms with E-state index in [9.17, 15) is 8.78 Å². The molecule has 1 fully saturated rings. The van der Waals surface area contributed by atoms with Gasteiger partial charge in [-0.3, -0.25) is 0 Å². The number of methoxy groups -OCH3 is 2. The highest BCUT2D eigenvalue weighted by molar-refractivity contribution is 5.59. The van der Waals surface area contributed by atoms with E-state index in [0.29, 0.717) is 34.1 Å². The molecule has 0 bridgehead atoms. The second-order valence-electron chi connectivity index (χ2n) is 8.65. The van der Waals surface area contributed by atoms with Crippen molar-refractivity contribution in [1.29, 1.82) is 0 Å². The second-order valence-corrected chi connectivity index (χ2v) is 8.65. The van der Waals surface area contributed by atoms with Crippen LogP contribution in [0.3, 0.4) is 0 Å². The van der Waals surface area contributed by atoms with Crippen LogP contribution < -0.4 is 9.47 Å². The summed E-state index contributed by atoms with van der Waals surface area (Å²) in [7, 11) is 3.12. The zero-order valence-electron chi connectivity index (χ0n) is 19.1. The maximum absolute atomic E-state index is 14.8. The van der Waals surface area contributed by atoms with E-state index in [0.717, 1.165) is 11.1 Å². The van der Waals surface area contributed by atoms with Crippen LogP contribution in [0.1, 0.15) is 46.1 Å². The fraction of sp³-hybridized carbons (Fsp3) is 0.259. The summed E-state index contributed by atoms with van der Waals surface area (Å²) < 4.78 is 52.3. The molecule has 2 aliphatic carbocycles. The van der Waals surface area contributed by atoms with E-state index in [2.05, 4.69) is 10.2 Å². The van der Waals surface area contributed by atoms with Crippen LogP contribution in [-0.4, -0.2) is 30.3 Å². The number of alkyl halides is 2. The summed E-state index contributed by atoms with van der Waals surface area (Å²) in [4.78, 5) is 0. The third-order valence-corrected chi connectivity index (χ3v) is 6.75. The van der Waals surface area contributed by atoms with Crippen molar-refractivity contribution in [3.8, 4) is 23.0 Å². The second kappa shape index (κ2) is 8.16. The SMILES string of the molecule is COc1ccc(-c2nnc(COC3c4ccccc4C4C(c5ccccc53)C4(F)F)o2)cc1OC. The molecule has 6 rings (SSSR count). The predicted octanol–water partition coefficient (Wildman–Crippen LogP) is 5.89. The van der Waals surface area contributed by atoms with Gasteiger partial charge in [-0.2, -0.15) is 0 Å². The Bertz CT molecular complexity index is 1350. The standard InChI is InChI=1S/C27H22F2N2O4/c1-32-20-12-11-15(13-21(20)33-2)26-31-30-22(35-26)14-34-25-18-9-5-3-7-16(18)23-24(27(23,28)29)17-8-4-6-10-19(17)25/h3-13,23-25H,14H2,1-2H3. The van der Waals surface area contributed by atoms with Crippen LogP contribution in [0.5, 0.6) is 11.5 Å². The number of aromatic nitrogens is 2. The van der Waals surface area contributed by atoms with Gasteiger partial charge in [-0.25, -0.2) is 8.78 Å². The van der Waals surface area contributed by atoms with Gasteiger partial charge in [-0.1, -0.05) is 48.5 Å². The Morgan fingerprint density at radius 1 is 0.800 bits per heavy atom. The highest BCUT2D eigenvalue weighted by Gasteiger charge is 2.71. The van der Waals surface area contributed by atoms with Gasteiger partial charge in [0.15, 0.2) is 11.5 Å². The van der Waals surface area contributed by atoms with Crippen molar-refractivity contribution >= 4 is 0 Å². The lowest BCUT2D eigenvalue weighted by Crippen LogP contribution is -2.12. The van der Waals surface area contributed by atoms with Gasteiger partial charge in [0.2, 0.25) is 11.8 Å². The molecule has 1 heterocycles. The molecule has 2 atom stereocenters. The molecular formula is C27H22F2N2O4. The van der Waals surface area contributed by atoms with Crippen LogP contribution in [0, 0.1) is 0 Å². The third kappa shape index (κ3) is 3.47. The summed E-state index contributed by atoms with van der Waals surface area (Å²) in [5.74, 6) is -2.71. The van der Waals surface area contributed by atoms with Gasteiger partial charge < -0.3 is 18.6 Å². The van der Waals surface area contributed by atoms with Gasteiger partial charge in [-0.05, 0) is 40.5 Å². The molecule has 0 aliphatic heterocycles. The van der Waals surface area contributed by atoms with Gasteiger partial charge in [0, 0.05) is 5.56 Å². The van der Waals surface area contributed by atoms with Crippen LogP contribution in [0.15, 0.2) is 71.1 Å². The van der Waals surface area contributed by atoms with Gasteiger partial charge >= 0.3 is 0 Å². The van der Waals surface area contributed by atoms with Crippen molar-refractivity contribution in [2.24, 2.45) is 0 Å². The zero-order valence-corrected chi connectivity index (χ0v) is 19.1. The molecule has 2 aliphatic rings. The summed E-state index contributed by atoms with van der Waals surface area (Å²) in [6.07, 6.45) is -0.526. The normalized spacial score (nSPS) is 21.3. The molecule has 2 unspecified atom stereocenters. The number of rotatable bonds is 6. The summed E-state index contributed by atoms with van der Waals surface area (Å²) in [5.41, 5.74) is 3.41. The summed E-state index contributed by atoms with van der Waals surface area (Å²) in [5, 5.41) is 8.26. The first kappa shape index (κ1) is 21.7. The topological polar surface area (TPSA) is 66.6 Å². The van der Waals surface area contributed by atoms with Gasteiger partial charge in [-0.15, -0.1) is 10.2 Å². The minimum atomic E-state index is -2.77. The lowest BCUT2D eigenvalue weighted by molar-refractivity contribution is 0.0498. The molecule has 6 nitrogen and oxygen atoms in total. The quantitative estimate of drug-likeness (QED) is 0.346. The first-order chi connectivity index (χ1) is 17.0. The van der Waals surface area contributed by atoms with Crippen LogP contribution in [0.2, 0.25) is 0 Å². The monoisotopic (exact) mass is 476 g/mol. The molecule has 0 amide bonds. The molecule has 35 heavy (non-hydrogen) atoms. The third-order valence-electron chi connectivity index (χ3n) is 6.75. The van der Waals surface area contributed by atoms with Gasteiger partial charge in [0.25, 0.3) is 5.92 Å². The van der Waals surface area contributed by atoms with Crippen molar-refractivity contribution in [2.75, 3.05) is 14.2 Å². The number of fused-ring (bicyclic) bond motifs is 5. The van der Waals surface area contributed by atoms with E-state index in [1.807, 2.05) is 24.3 Å². The maximum atomic E-state index is 14.8. The fourth-order valence-corrected chi connectivity index (χ4v) is 5.07. The lowest BCUT2D eigenvalue weighted by atomic mass is 9.94. The summed E-state index contributed by atoms with van der Waals surface area (Å²) >= 11 is 0. The lowest BCUT2D eigenvalue weighted by Gasteiger charge is -2.22. The molecule has 0 radical (unpaired) electrons. The molecule has 0 spiro atoms. The van der Waals surface area contributed by atoms with Crippen LogP contribution in [0.4, 0.5) is 8.78 Å². The minimum absolute atomic E-state index is 0.0271. The van der Waals surface area contributed by atoms with Crippen molar-refractivity contribution in [2.45, 2.75) is 30.5 Å². The Morgan fingerprint density at radius 3 is 2.00 bits per heavy atom. The predicted molar refractivity (Wildman–Crippen MR) is 123 cm³/mol. The largest absolute Gasteiger partial charge is 0.493 e. The molecule has 0 saturated heterocycles. The molecule has 0 N–H and O–H groups in total. The average molecular weight is 476 g/mol. The Hall–Kier alpha value is -3.78. The highest BCUT2D eigenvalue weighted by Crippen LogP contribution is 2.70. The first-order valence-corrected chi connectivity index (χ1v) is 11.2. The average Bonchev–Trinajstić information content (AvgIpc) is 3.21. The number of benzene rings is 3. The zero-order chi connectivity index (χ0) is 24.2. The Balaban J connectivity index is 1.30. The van der Waals surface area contributed by atoms with E-state index in [1.54, 1.807) is 56.7 Å². The maximum Gasteiger partial charge on any atom is 0.263 e. The Morgan fingerprint density at radius 2 is 1.40 bits per heavy atom. The van der Waals surface area contributed by atoms with E-state index < -0.39 is 23.9 Å². The van der Waals surface area contributed by atoms with Crippen LogP contribution >= 0.6 is 0 Å². The molecule has 4 aromatic rings. The molecule has 1 saturated carbocycles. The molecule has 178 valence electrons. The van der Waals surface area contributed by atoms with E-state index in [-0.39, 0.29) is 12.5 Å². The molecular weight excluding hydrogens is 454 g/mol. The number of hydrogen-bond acceptors (Lipinski definition) is 6. The van der Waals surface area contributed by atoms with Crippen molar-refractivity contribution in [1.82, 2.24) is 10.2 Å². The van der Waals surface area contributed by atoms with E-state index in [4.69, 9.17) is 18.6 Å².